The monoisotopic (exact) mass is 328 g/mol. The third-order valence-corrected chi connectivity index (χ3v) is 3.57. The summed E-state index contributed by atoms with van der Waals surface area (Å²) in [5, 5.41) is 18.9. The Bertz CT molecular complexity index is 570. The van der Waals surface area contributed by atoms with Crippen LogP contribution in [0.2, 0.25) is 0 Å². The summed E-state index contributed by atoms with van der Waals surface area (Å²) in [7, 11) is 0. The molecule has 0 aliphatic heterocycles. The maximum absolute atomic E-state index is 10.5. The molecular weight excluding hydrogens is 300 g/mol. The molecule has 24 heavy (non-hydrogen) atoms. The van der Waals surface area contributed by atoms with Gasteiger partial charge in [0.25, 0.3) is 0 Å². The molecule has 2 N–H and O–H groups in total. The Morgan fingerprint density at radius 1 is 1.17 bits per heavy atom. The highest BCUT2D eigenvalue weighted by Crippen LogP contribution is 2.19. The first-order valence-corrected chi connectivity index (χ1v) is 8.59. The molecule has 0 amide bonds. The van der Waals surface area contributed by atoms with Crippen LogP contribution in [0.25, 0.3) is 6.08 Å². The first-order chi connectivity index (χ1) is 11.6. The van der Waals surface area contributed by atoms with Crippen LogP contribution in [0.15, 0.2) is 54.6 Å². The lowest BCUT2D eigenvalue weighted by atomic mass is 10.0. The van der Waals surface area contributed by atoms with Gasteiger partial charge >= 0.3 is 5.97 Å². The average Bonchev–Trinajstić information content (AvgIpc) is 2.57. The lowest BCUT2D eigenvalue weighted by Gasteiger charge is -2.09. The zero-order chi connectivity index (χ0) is 17.6. The summed E-state index contributed by atoms with van der Waals surface area (Å²) in [5.74, 6) is -0.758. The second kappa shape index (κ2) is 12.3. The minimum atomic E-state index is -0.758. The van der Waals surface area contributed by atoms with Crippen molar-refractivity contribution in [1.29, 1.82) is 0 Å². The van der Waals surface area contributed by atoms with Crippen molar-refractivity contribution in [3.05, 3.63) is 65.8 Å². The predicted molar refractivity (Wildman–Crippen MR) is 99.7 cm³/mol. The van der Waals surface area contributed by atoms with Gasteiger partial charge in [0.15, 0.2) is 0 Å². The number of rotatable bonds is 11. The van der Waals surface area contributed by atoms with Crippen LogP contribution >= 0.6 is 0 Å². The van der Waals surface area contributed by atoms with Crippen molar-refractivity contribution in [3.8, 4) is 0 Å². The van der Waals surface area contributed by atoms with Crippen molar-refractivity contribution in [2.45, 2.75) is 51.6 Å². The van der Waals surface area contributed by atoms with E-state index in [1.807, 2.05) is 42.5 Å². The molecular formula is C21H28O3. The van der Waals surface area contributed by atoms with Gasteiger partial charge in [0.05, 0.1) is 6.10 Å². The van der Waals surface area contributed by atoms with E-state index in [1.54, 1.807) is 0 Å². The van der Waals surface area contributed by atoms with Crippen LogP contribution in [-0.4, -0.2) is 16.2 Å². The highest BCUT2D eigenvalue weighted by Gasteiger charge is 2.05. The van der Waals surface area contributed by atoms with Gasteiger partial charge in [-0.05, 0) is 49.3 Å². The molecule has 0 saturated carbocycles. The molecule has 0 heterocycles. The molecule has 0 saturated heterocycles. The summed E-state index contributed by atoms with van der Waals surface area (Å²) in [4.78, 5) is 10.5. The van der Waals surface area contributed by atoms with Gasteiger partial charge in [0.1, 0.15) is 0 Å². The number of hydrogen-bond acceptors (Lipinski definition) is 2. The third-order valence-electron chi connectivity index (χ3n) is 3.57. The van der Waals surface area contributed by atoms with Gasteiger partial charge < -0.3 is 10.2 Å². The van der Waals surface area contributed by atoms with Crippen molar-refractivity contribution in [1.82, 2.24) is 0 Å². The first-order valence-electron chi connectivity index (χ1n) is 8.59. The number of hydrogen-bond donors (Lipinski definition) is 2. The highest BCUT2D eigenvalue weighted by atomic mass is 16.4. The number of carboxylic acid groups (broad SMARTS) is 1. The van der Waals surface area contributed by atoms with Crippen molar-refractivity contribution in [3.63, 3.8) is 0 Å². The molecule has 3 heteroatoms. The number of allylic oxidation sites excluding steroid dienone is 4. The highest BCUT2D eigenvalue weighted by molar-refractivity contribution is 5.66. The lowest BCUT2D eigenvalue weighted by molar-refractivity contribution is -0.137. The van der Waals surface area contributed by atoms with Gasteiger partial charge in [0, 0.05) is 6.42 Å². The predicted octanol–water partition coefficient (Wildman–Crippen LogP) is 5.29. The molecule has 1 atom stereocenters. The third kappa shape index (κ3) is 9.11. The smallest absolute Gasteiger partial charge is 0.303 e. The van der Waals surface area contributed by atoms with Gasteiger partial charge in [0.2, 0.25) is 0 Å². The first kappa shape index (κ1) is 19.9. The molecule has 1 unspecified atom stereocenters. The SMILES string of the molecule is CC/C=C\C/C=C\CC(O)c1cccc(/C=C\CCCC(=O)O)c1. The summed E-state index contributed by atoms with van der Waals surface area (Å²) in [6, 6.07) is 7.82. The summed E-state index contributed by atoms with van der Waals surface area (Å²) in [6.07, 6.45) is 15.9. The van der Waals surface area contributed by atoms with Crippen LogP contribution in [-0.2, 0) is 4.79 Å². The van der Waals surface area contributed by atoms with Crippen LogP contribution in [0.5, 0.6) is 0 Å². The Labute approximate surface area is 145 Å². The van der Waals surface area contributed by atoms with Crippen molar-refractivity contribution in [2.24, 2.45) is 0 Å². The van der Waals surface area contributed by atoms with Crippen LogP contribution in [0.3, 0.4) is 0 Å². The number of aliphatic hydroxyl groups is 1. The van der Waals surface area contributed by atoms with E-state index < -0.39 is 12.1 Å². The Morgan fingerprint density at radius 2 is 1.96 bits per heavy atom. The maximum atomic E-state index is 10.5. The van der Waals surface area contributed by atoms with Gasteiger partial charge in [-0.25, -0.2) is 0 Å². The minimum Gasteiger partial charge on any atom is -0.481 e. The van der Waals surface area contributed by atoms with E-state index in [0.29, 0.717) is 12.8 Å². The number of carboxylic acids is 1. The molecule has 0 aliphatic rings. The molecule has 0 bridgehead atoms. The molecule has 1 rings (SSSR count). The molecule has 0 radical (unpaired) electrons. The van der Waals surface area contributed by atoms with E-state index in [4.69, 9.17) is 5.11 Å². The quantitative estimate of drug-likeness (QED) is 0.428. The van der Waals surface area contributed by atoms with E-state index in [9.17, 15) is 9.90 Å². The zero-order valence-corrected chi connectivity index (χ0v) is 14.4. The Balaban J connectivity index is 2.47. The Kier molecular flexibility index (Phi) is 10.2. The van der Waals surface area contributed by atoms with E-state index in [-0.39, 0.29) is 6.42 Å². The maximum Gasteiger partial charge on any atom is 0.303 e. The number of aliphatic carboxylic acids is 1. The standard InChI is InChI=1S/C21H28O3/c1-2-3-4-5-6-9-15-20(22)19-14-11-13-18(17-19)12-8-7-10-16-21(23)24/h3-4,6,8-9,11-14,17,20,22H,2,5,7,10,15-16H2,1H3,(H,23,24)/b4-3-,9-6-,12-8-. The largest absolute Gasteiger partial charge is 0.481 e. The van der Waals surface area contributed by atoms with E-state index >= 15 is 0 Å². The fourth-order valence-corrected chi connectivity index (χ4v) is 2.26. The topological polar surface area (TPSA) is 57.5 Å². The molecule has 0 aliphatic carbocycles. The fourth-order valence-electron chi connectivity index (χ4n) is 2.26. The van der Waals surface area contributed by atoms with Crippen LogP contribution in [0.4, 0.5) is 0 Å². The summed E-state index contributed by atoms with van der Waals surface area (Å²) < 4.78 is 0. The zero-order valence-electron chi connectivity index (χ0n) is 14.4. The Morgan fingerprint density at radius 3 is 2.71 bits per heavy atom. The van der Waals surface area contributed by atoms with E-state index in [2.05, 4.69) is 25.2 Å². The van der Waals surface area contributed by atoms with Gasteiger partial charge in [-0.1, -0.05) is 61.6 Å². The Hall–Kier alpha value is -2.13. The molecule has 0 fully saturated rings. The number of carbonyl (C=O) groups is 1. The van der Waals surface area contributed by atoms with Crippen LogP contribution in [0.1, 0.15) is 62.7 Å². The van der Waals surface area contributed by atoms with Gasteiger partial charge in [-0.2, -0.15) is 0 Å². The second-order valence-corrected chi connectivity index (χ2v) is 5.70. The molecule has 1 aromatic rings. The normalized spacial score (nSPS) is 13.2. The van der Waals surface area contributed by atoms with Crippen molar-refractivity contribution in [2.75, 3.05) is 0 Å². The molecule has 130 valence electrons. The lowest BCUT2D eigenvalue weighted by Crippen LogP contribution is -1.95. The second-order valence-electron chi connectivity index (χ2n) is 5.70. The number of aliphatic hydroxyl groups excluding tert-OH is 1. The summed E-state index contributed by atoms with van der Waals surface area (Å²) in [5.41, 5.74) is 1.92. The van der Waals surface area contributed by atoms with E-state index in [0.717, 1.165) is 30.4 Å². The summed E-state index contributed by atoms with van der Waals surface area (Å²) in [6.45, 7) is 2.11. The van der Waals surface area contributed by atoms with Gasteiger partial charge in [-0.3, -0.25) is 4.79 Å². The van der Waals surface area contributed by atoms with E-state index in [1.165, 1.54) is 0 Å². The van der Waals surface area contributed by atoms with Crippen molar-refractivity contribution < 1.29 is 15.0 Å². The van der Waals surface area contributed by atoms with Crippen LogP contribution in [0, 0.1) is 0 Å². The molecule has 0 spiro atoms. The van der Waals surface area contributed by atoms with Gasteiger partial charge in [-0.15, -0.1) is 0 Å². The minimum absolute atomic E-state index is 0.197. The molecule has 0 aromatic heterocycles. The fraction of sp³-hybridized carbons (Fsp3) is 0.381. The summed E-state index contributed by atoms with van der Waals surface area (Å²) >= 11 is 0. The van der Waals surface area contributed by atoms with Crippen molar-refractivity contribution >= 4 is 12.0 Å². The number of benzene rings is 1. The molecule has 3 nitrogen and oxygen atoms in total. The average molecular weight is 328 g/mol. The van der Waals surface area contributed by atoms with Crippen LogP contribution < -0.4 is 0 Å². The number of unbranched alkanes of at least 4 members (excludes halogenated alkanes) is 1. The molecule has 1 aromatic carbocycles.